The fraction of sp³-hybridized carbons (Fsp3) is 0.273. The van der Waals surface area contributed by atoms with Gasteiger partial charge in [-0.15, -0.1) is 24.8 Å². The largest absolute Gasteiger partial charge is 0.336 e. The number of benzene rings is 2. The van der Waals surface area contributed by atoms with Gasteiger partial charge in [-0.25, -0.2) is 0 Å². The second kappa shape index (κ2) is 9.92. The van der Waals surface area contributed by atoms with Gasteiger partial charge in [0.1, 0.15) is 0 Å². The number of aromatic amines is 1. The Hall–Kier alpha value is -2.34. The molecule has 1 amide bonds. The summed E-state index contributed by atoms with van der Waals surface area (Å²) in [6.45, 7) is 5.72. The van der Waals surface area contributed by atoms with Crippen LogP contribution in [0.1, 0.15) is 35.5 Å². The average Bonchev–Trinajstić information content (AvgIpc) is 3.09. The third-order valence-corrected chi connectivity index (χ3v) is 4.94. The van der Waals surface area contributed by atoms with Crippen molar-refractivity contribution in [1.29, 1.82) is 0 Å². The van der Waals surface area contributed by atoms with Crippen LogP contribution in [-0.4, -0.2) is 46.2 Å². The lowest BCUT2D eigenvalue weighted by molar-refractivity contribution is 0.0674. The lowest BCUT2D eigenvalue weighted by Crippen LogP contribution is -2.55. The van der Waals surface area contributed by atoms with Crippen molar-refractivity contribution >= 4 is 53.8 Å². The summed E-state index contributed by atoms with van der Waals surface area (Å²) in [4.78, 5) is 14.7. The van der Waals surface area contributed by atoms with E-state index >= 15 is 0 Å². The number of hydrogen-bond acceptors (Lipinski definition) is 3. The highest BCUT2D eigenvalue weighted by molar-refractivity contribution is 5.95. The maximum atomic E-state index is 12.8. The quantitative estimate of drug-likeness (QED) is 0.644. The molecule has 7 heteroatoms. The molecule has 1 aliphatic rings. The van der Waals surface area contributed by atoms with Gasteiger partial charge in [-0.05, 0) is 43.7 Å². The Balaban J connectivity index is 0.00000150. The van der Waals surface area contributed by atoms with Crippen molar-refractivity contribution in [1.82, 2.24) is 20.4 Å². The second-order valence-electron chi connectivity index (χ2n) is 7.29. The number of para-hydroxylation sites is 1. The number of aromatic nitrogens is 2. The first kappa shape index (κ1) is 22.9. The van der Waals surface area contributed by atoms with Gasteiger partial charge in [0.2, 0.25) is 0 Å². The van der Waals surface area contributed by atoms with Crippen molar-refractivity contribution in [2.75, 3.05) is 13.1 Å². The predicted octanol–water partition coefficient (Wildman–Crippen LogP) is 4.40. The fourth-order valence-electron chi connectivity index (χ4n) is 3.70. The Bertz CT molecular complexity index is 974. The van der Waals surface area contributed by atoms with Crippen molar-refractivity contribution in [2.24, 2.45) is 0 Å². The zero-order valence-electron chi connectivity index (χ0n) is 16.5. The highest BCUT2D eigenvalue weighted by Crippen LogP contribution is 2.18. The van der Waals surface area contributed by atoms with Crippen LogP contribution in [0.5, 0.6) is 0 Å². The Morgan fingerprint density at radius 2 is 1.66 bits per heavy atom. The molecule has 0 radical (unpaired) electrons. The molecular formula is C22H26Cl2N4O. The normalized spacial score (nSPS) is 19.0. The van der Waals surface area contributed by atoms with Gasteiger partial charge in [-0.3, -0.25) is 9.89 Å². The molecular weight excluding hydrogens is 407 g/mol. The predicted molar refractivity (Wildman–Crippen MR) is 124 cm³/mol. The van der Waals surface area contributed by atoms with Crippen molar-refractivity contribution < 1.29 is 4.79 Å². The molecule has 0 spiro atoms. The van der Waals surface area contributed by atoms with Gasteiger partial charge in [0.25, 0.3) is 5.91 Å². The molecule has 1 aromatic heterocycles. The van der Waals surface area contributed by atoms with E-state index in [9.17, 15) is 4.79 Å². The van der Waals surface area contributed by atoms with Crippen molar-refractivity contribution in [3.8, 4) is 0 Å². The number of carbonyl (C=O) groups is 1. The first-order valence-corrected chi connectivity index (χ1v) is 9.37. The minimum atomic E-state index is 0. The molecule has 2 atom stereocenters. The number of halogens is 2. The molecule has 5 nitrogen and oxygen atoms in total. The second-order valence-corrected chi connectivity index (χ2v) is 7.29. The van der Waals surface area contributed by atoms with E-state index in [2.05, 4.69) is 35.4 Å². The molecule has 2 aromatic carbocycles. The van der Waals surface area contributed by atoms with Crippen LogP contribution in [0.4, 0.5) is 0 Å². The van der Waals surface area contributed by atoms with Crippen molar-refractivity contribution in [3.05, 3.63) is 65.4 Å². The standard InChI is InChI=1S/C22H24N4O.2ClH/c1-15-13-26(14-16(2)23-15)22(27)18-10-7-17(8-11-18)9-12-21-19-5-3-4-6-20(19)24-25-21;;/h3-12,15-16,23H,13-14H2,1-2H3,(H,24,25);2*1H/t15-,16-;;/m0../s1. The highest BCUT2D eigenvalue weighted by atomic mass is 35.5. The summed E-state index contributed by atoms with van der Waals surface area (Å²) in [5.41, 5.74) is 3.71. The maximum absolute atomic E-state index is 12.8. The molecule has 0 bridgehead atoms. The Labute approximate surface area is 183 Å². The molecule has 154 valence electrons. The Kier molecular flexibility index (Phi) is 7.85. The van der Waals surface area contributed by atoms with E-state index in [1.54, 1.807) is 0 Å². The molecule has 0 unspecified atom stereocenters. The van der Waals surface area contributed by atoms with Crippen LogP contribution in [-0.2, 0) is 0 Å². The van der Waals surface area contributed by atoms with E-state index in [0.717, 1.165) is 40.8 Å². The molecule has 0 aliphatic carbocycles. The van der Waals surface area contributed by atoms with Crippen LogP contribution in [0, 0.1) is 0 Å². The van der Waals surface area contributed by atoms with Gasteiger partial charge in [0, 0.05) is 36.1 Å². The van der Waals surface area contributed by atoms with Gasteiger partial charge < -0.3 is 10.2 Å². The number of piperazine rings is 1. The molecule has 29 heavy (non-hydrogen) atoms. The Morgan fingerprint density at radius 3 is 2.34 bits per heavy atom. The third-order valence-electron chi connectivity index (χ3n) is 4.94. The van der Waals surface area contributed by atoms with E-state index in [1.165, 1.54) is 0 Å². The SMILES string of the molecule is C[C@H]1CN(C(=O)c2ccc(C=Cc3n[nH]c4ccccc34)cc2)C[C@H](C)N1.Cl.Cl. The molecule has 3 aromatic rings. The zero-order valence-corrected chi connectivity index (χ0v) is 18.1. The number of amides is 1. The lowest BCUT2D eigenvalue weighted by atomic mass is 10.1. The first-order valence-electron chi connectivity index (χ1n) is 9.37. The number of carbonyl (C=O) groups excluding carboxylic acids is 1. The van der Waals surface area contributed by atoms with E-state index in [0.29, 0.717) is 12.1 Å². The summed E-state index contributed by atoms with van der Waals surface area (Å²) in [7, 11) is 0. The van der Waals surface area contributed by atoms with Crippen LogP contribution >= 0.6 is 24.8 Å². The van der Waals surface area contributed by atoms with Gasteiger partial charge in [-0.2, -0.15) is 5.10 Å². The van der Waals surface area contributed by atoms with Gasteiger partial charge >= 0.3 is 0 Å². The van der Waals surface area contributed by atoms with Crippen LogP contribution in [0.25, 0.3) is 23.1 Å². The van der Waals surface area contributed by atoms with Crippen LogP contribution in [0.2, 0.25) is 0 Å². The van der Waals surface area contributed by atoms with E-state index in [4.69, 9.17) is 0 Å². The number of nitrogens with zero attached hydrogens (tertiary/aromatic N) is 2. The Morgan fingerprint density at radius 1 is 1.00 bits per heavy atom. The topological polar surface area (TPSA) is 61.0 Å². The monoisotopic (exact) mass is 432 g/mol. The molecule has 0 saturated carbocycles. The number of hydrogen-bond donors (Lipinski definition) is 2. The third kappa shape index (κ3) is 5.18. The fourth-order valence-corrected chi connectivity index (χ4v) is 3.70. The van der Waals surface area contributed by atoms with Crippen LogP contribution in [0.3, 0.4) is 0 Å². The molecule has 2 heterocycles. The van der Waals surface area contributed by atoms with E-state index in [-0.39, 0.29) is 30.7 Å². The van der Waals surface area contributed by atoms with E-state index in [1.807, 2.05) is 59.5 Å². The van der Waals surface area contributed by atoms with Gasteiger partial charge in [-0.1, -0.05) is 36.4 Å². The van der Waals surface area contributed by atoms with Crippen molar-refractivity contribution in [2.45, 2.75) is 25.9 Å². The summed E-state index contributed by atoms with van der Waals surface area (Å²) >= 11 is 0. The number of rotatable bonds is 3. The van der Waals surface area contributed by atoms with Gasteiger partial charge in [0.05, 0.1) is 11.2 Å². The van der Waals surface area contributed by atoms with Crippen molar-refractivity contribution in [3.63, 3.8) is 0 Å². The van der Waals surface area contributed by atoms with E-state index < -0.39 is 0 Å². The minimum absolute atomic E-state index is 0. The summed E-state index contributed by atoms with van der Waals surface area (Å²) in [6, 6.07) is 16.5. The summed E-state index contributed by atoms with van der Waals surface area (Å²) in [5.74, 6) is 0.101. The minimum Gasteiger partial charge on any atom is -0.336 e. The maximum Gasteiger partial charge on any atom is 0.253 e. The molecule has 1 fully saturated rings. The molecule has 2 N–H and O–H groups in total. The summed E-state index contributed by atoms with van der Waals surface area (Å²) in [5, 5.41) is 11.9. The summed E-state index contributed by atoms with van der Waals surface area (Å²) < 4.78 is 0. The van der Waals surface area contributed by atoms with Crippen LogP contribution < -0.4 is 5.32 Å². The van der Waals surface area contributed by atoms with Gasteiger partial charge in [0.15, 0.2) is 0 Å². The molecule has 1 aliphatic heterocycles. The average molecular weight is 433 g/mol. The molecule has 1 saturated heterocycles. The first-order chi connectivity index (χ1) is 13.1. The highest BCUT2D eigenvalue weighted by Gasteiger charge is 2.25. The smallest absolute Gasteiger partial charge is 0.253 e. The number of H-pyrrole nitrogens is 1. The number of fused-ring (bicyclic) bond motifs is 1. The lowest BCUT2D eigenvalue weighted by Gasteiger charge is -2.36. The summed E-state index contributed by atoms with van der Waals surface area (Å²) in [6.07, 6.45) is 4.02. The van der Waals surface area contributed by atoms with Crippen LogP contribution in [0.15, 0.2) is 48.5 Å². The zero-order chi connectivity index (χ0) is 18.8. The number of nitrogens with one attached hydrogen (secondary N) is 2. The molecule has 4 rings (SSSR count).